The van der Waals surface area contributed by atoms with Gasteiger partial charge in [0.15, 0.2) is 0 Å². The van der Waals surface area contributed by atoms with Crippen molar-refractivity contribution < 1.29 is 9.59 Å². The van der Waals surface area contributed by atoms with Crippen molar-refractivity contribution in [1.82, 2.24) is 15.1 Å². The van der Waals surface area contributed by atoms with Gasteiger partial charge in [-0.25, -0.2) is 0 Å². The fourth-order valence-electron chi connectivity index (χ4n) is 2.82. The molecule has 128 valence electrons. The van der Waals surface area contributed by atoms with Crippen molar-refractivity contribution in [2.45, 2.75) is 71.3 Å². The smallest absolute Gasteiger partial charge is 0.226 e. The molecule has 1 atom stereocenters. The molecule has 0 saturated carbocycles. The van der Waals surface area contributed by atoms with Crippen LogP contribution in [0.2, 0.25) is 0 Å². The normalized spacial score (nSPS) is 18.3. The predicted molar refractivity (Wildman–Crippen MR) is 91.5 cm³/mol. The zero-order valence-corrected chi connectivity index (χ0v) is 15.0. The molecule has 0 unspecified atom stereocenters. The summed E-state index contributed by atoms with van der Waals surface area (Å²) in [5.74, 6) is 0.214. The first kappa shape index (κ1) is 17.8. The molecule has 0 aliphatic carbocycles. The second-order valence-electron chi connectivity index (χ2n) is 6.29. The van der Waals surface area contributed by atoms with E-state index in [1.807, 2.05) is 18.7 Å². The number of carbonyl (C=O) groups is 2. The molecule has 0 radical (unpaired) electrons. The second-order valence-corrected chi connectivity index (χ2v) is 7.30. The first-order valence-corrected chi connectivity index (χ1v) is 9.25. The summed E-state index contributed by atoms with van der Waals surface area (Å²) < 4.78 is 0. The lowest BCUT2D eigenvalue weighted by Gasteiger charge is -2.35. The van der Waals surface area contributed by atoms with E-state index >= 15 is 0 Å². The number of piperidine rings is 1. The van der Waals surface area contributed by atoms with Gasteiger partial charge in [-0.05, 0) is 25.7 Å². The molecule has 1 aliphatic rings. The van der Waals surface area contributed by atoms with Crippen molar-refractivity contribution in [3.05, 3.63) is 5.01 Å². The number of carbonyl (C=O) groups excluding carboxylic acids is 2. The monoisotopic (exact) mass is 338 g/mol. The van der Waals surface area contributed by atoms with Crippen molar-refractivity contribution in [3.8, 4) is 0 Å². The lowest BCUT2D eigenvalue weighted by atomic mass is 9.99. The van der Waals surface area contributed by atoms with E-state index in [9.17, 15) is 9.59 Å². The molecule has 0 bridgehead atoms. The molecule has 1 saturated heterocycles. The molecule has 23 heavy (non-hydrogen) atoms. The van der Waals surface area contributed by atoms with Gasteiger partial charge in [0.2, 0.25) is 16.9 Å². The van der Waals surface area contributed by atoms with Gasteiger partial charge in [0, 0.05) is 31.3 Å². The molecule has 1 aromatic rings. The number of nitrogens with zero attached hydrogens (tertiary/aromatic N) is 3. The summed E-state index contributed by atoms with van der Waals surface area (Å²) in [5, 5.41) is 12.1. The van der Waals surface area contributed by atoms with Crippen LogP contribution in [0.4, 0.5) is 5.13 Å². The number of nitrogens with one attached hydrogen (secondary N) is 1. The molecule has 1 fully saturated rings. The number of hydrogen-bond acceptors (Lipinski definition) is 5. The number of likely N-dealkylation sites (tertiary alicyclic amines) is 1. The molecule has 1 aromatic heterocycles. The Morgan fingerprint density at radius 2 is 2.09 bits per heavy atom. The maximum absolute atomic E-state index is 12.3. The highest BCUT2D eigenvalue weighted by Gasteiger charge is 2.25. The Balaban J connectivity index is 1.80. The molecule has 1 aliphatic heterocycles. The Labute approximate surface area is 141 Å². The lowest BCUT2D eigenvalue weighted by molar-refractivity contribution is -0.136. The largest absolute Gasteiger partial charge is 0.340 e. The van der Waals surface area contributed by atoms with Gasteiger partial charge in [-0.1, -0.05) is 32.1 Å². The standard InChI is InChI=1S/C16H26N4O2S/c1-4-12-7-5-6-10-20(12)14(22)9-8-13(21)17-16-19-18-15(23-16)11(2)3/h11-12H,4-10H2,1-3H3,(H,17,19,21)/t12-/m1/s1. The van der Waals surface area contributed by atoms with E-state index in [1.165, 1.54) is 17.8 Å². The maximum Gasteiger partial charge on any atom is 0.226 e. The topological polar surface area (TPSA) is 75.2 Å². The summed E-state index contributed by atoms with van der Waals surface area (Å²) in [5.41, 5.74) is 0. The fourth-order valence-corrected chi connectivity index (χ4v) is 3.58. The summed E-state index contributed by atoms with van der Waals surface area (Å²) in [6, 6.07) is 0.344. The molecular weight excluding hydrogens is 312 g/mol. The van der Waals surface area contributed by atoms with E-state index in [1.54, 1.807) is 0 Å². The first-order chi connectivity index (χ1) is 11.0. The minimum atomic E-state index is -0.171. The van der Waals surface area contributed by atoms with E-state index in [2.05, 4.69) is 22.4 Å². The Kier molecular flexibility index (Phi) is 6.50. The minimum absolute atomic E-state index is 0.0897. The average Bonchev–Trinajstić information content (AvgIpc) is 3.01. The maximum atomic E-state index is 12.3. The number of hydrogen-bond donors (Lipinski definition) is 1. The Hall–Kier alpha value is -1.50. The summed E-state index contributed by atoms with van der Waals surface area (Å²) >= 11 is 1.39. The fraction of sp³-hybridized carbons (Fsp3) is 0.750. The molecule has 2 heterocycles. The van der Waals surface area contributed by atoms with Crippen LogP contribution in [0, 0.1) is 0 Å². The molecule has 2 rings (SSSR count). The quantitative estimate of drug-likeness (QED) is 0.864. The third kappa shape index (κ3) is 4.99. The number of anilines is 1. The lowest BCUT2D eigenvalue weighted by Crippen LogP contribution is -2.43. The van der Waals surface area contributed by atoms with E-state index in [0.717, 1.165) is 30.8 Å². The molecule has 0 aromatic carbocycles. The Morgan fingerprint density at radius 3 is 2.74 bits per heavy atom. The van der Waals surface area contributed by atoms with E-state index in [-0.39, 0.29) is 24.7 Å². The second kappa shape index (κ2) is 8.38. The summed E-state index contributed by atoms with van der Waals surface area (Å²) in [6.45, 7) is 7.01. The molecule has 0 spiro atoms. The van der Waals surface area contributed by atoms with Crippen LogP contribution in [-0.2, 0) is 9.59 Å². The van der Waals surface area contributed by atoms with E-state index in [4.69, 9.17) is 0 Å². The van der Waals surface area contributed by atoms with Crippen LogP contribution in [0.25, 0.3) is 0 Å². The van der Waals surface area contributed by atoms with Crippen molar-refractivity contribution in [2.75, 3.05) is 11.9 Å². The van der Waals surface area contributed by atoms with Gasteiger partial charge in [0.25, 0.3) is 0 Å². The van der Waals surface area contributed by atoms with Crippen LogP contribution in [0.1, 0.15) is 70.2 Å². The van der Waals surface area contributed by atoms with Crippen LogP contribution in [0.15, 0.2) is 0 Å². The van der Waals surface area contributed by atoms with Crippen LogP contribution >= 0.6 is 11.3 Å². The molecule has 6 nitrogen and oxygen atoms in total. The van der Waals surface area contributed by atoms with Crippen molar-refractivity contribution in [3.63, 3.8) is 0 Å². The van der Waals surface area contributed by atoms with Gasteiger partial charge >= 0.3 is 0 Å². The van der Waals surface area contributed by atoms with Gasteiger partial charge in [-0.2, -0.15) is 0 Å². The van der Waals surface area contributed by atoms with Crippen molar-refractivity contribution in [1.29, 1.82) is 0 Å². The number of amides is 2. The van der Waals surface area contributed by atoms with Gasteiger partial charge in [0.05, 0.1) is 0 Å². The van der Waals surface area contributed by atoms with Crippen molar-refractivity contribution in [2.24, 2.45) is 0 Å². The molecule has 1 N–H and O–H groups in total. The molecule has 2 amide bonds. The van der Waals surface area contributed by atoms with Crippen LogP contribution < -0.4 is 5.32 Å². The zero-order chi connectivity index (χ0) is 16.8. The van der Waals surface area contributed by atoms with Gasteiger partial charge in [-0.15, -0.1) is 10.2 Å². The Morgan fingerprint density at radius 1 is 1.30 bits per heavy atom. The van der Waals surface area contributed by atoms with Crippen LogP contribution in [-0.4, -0.2) is 39.5 Å². The van der Waals surface area contributed by atoms with Gasteiger partial charge in [-0.3, -0.25) is 9.59 Å². The Bertz CT molecular complexity index is 544. The number of rotatable bonds is 6. The summed E-state index contributed by atoms with van der Waals surface area (Å²) in [4.78, 5) is 26.3. The SMILES string of the molecule is CC[C@@H]1CCCCN1C(=O)CCC(=O)Nc1nnc(C(C)C)s1. The third-order valence-electron chi connectivity index (χ3n) is 4.17. The predicted octanol–water partition coefficient (Wildman–Crippen LogP) is 3.17. The van der Waals surface area contributed by atoms with Crippen molar-refractivity contribution >= 4 is 28.3 Å². The highest BCUT2D eigenvalue weighted by molar-refractivity contribution is 7.15. The minimum Gasteiger partial charge on any atom is -0.340 e. The first-order valence-electron chi connectivity index (χ1n) is 8.44. The molecule has 7 heteroatoms. The molecular formula is C16H26N4O2S. The van der Waals surface area contributed by atoms with Gasteiger partial charge < -0.3 is 10.2 Å². The average molecular weight is 338 g/mol. The zero-order valence-electron chi connectivity index (χ0n) is 14.2. The van der Waals surface area contributed by atoms with Crippen LogP contribution in [0.3, 0.4) is 0 Å². The van der Waals surface area contributed by atoms with E-state index < -0.39 is 0 Å². The highest BCUT2D eigenvalue weighted by Crippen LogP contribution is 2.23. The summed E-state index contributed by atoms with van der Waals surface area (Å²) in [6.07, 6.45) is 4.79. The number of aromatic nitrogens is 2. The summed E-state index contributed by atoms with van der Waals surface area (Å²) in [7, 11) is 0. The third-order valence-corrected chi connectivity index (χ3v) is 5.30. The highest BCUT2D eigenvalue weighted by atomic mass is 32.1. The van der Waals surface area contributed by atoms with Gasteiger partial charge in [0.1, 0.15) is 5.01 Å². The van der Waals surface area contributed by atoms with Crippen LogP contribution in [0.5, 0.6) is 0 Å². The van der Waals surface area contributed by atoms with E-state index in [0.29, 0.717) is 17.1 Å².